The molecule has 0 heterocycles. The Hall–Kier alpha value is -3.26. The summed E-state index contributed by atoms with van der Waals surface area (Å²) in [4.78, 5) is 11.2. The van der Waals surface area contributed by atoms with Crippen molar-refractivity contribution in [1.82, 2.24) is 5.32 Å². The summed E-state index contributed by atoms with van der Waals surface area (Å²) in [5.74, 6) is -1.72. The highest BCUT2D eigenvalue weighted by atomic mass is 19.1. The van der Waals surface area contributed by atoms with Crippen LogP contribution in [0.4, 0.5) is 4.39 Å². The van der Waals surface area contributed by atoms with Gasteiger partial charge in [0.25, 0.3) is 0 Å². The predicted octanol–water partition coefficient (Wildman–Crippen LogP) is 5.25. The van der Waals surface area contributed by atoms with Gasteiger partial charge in [-0.2, -0.15) is 0 Å². The zero-order valence-electron chi connectivity index (χ0n) is 21.1. The number of halogens is 1. The third-order valence-electron chi connectivity index (χ3n) is 6.18. The summed E-state index contributed by atoms with van der Waals surface area (Å²) in [6.45, 7) is 8.02. The van der Waals surface area contributed by atoms with E-state index in [1.165, 1.54) is 12.1 Å². The highest BCUT2D eigenvalue weighted by Crippen LogP contribution is 2.33. The van der Waals surface area contributed by atoms with E-state index in [1.807, 2.05) is 51.1 Å². The van der Waals surface area contributed by atoms with Crippen molar-refractivity contribution in [2.45, 2.75) is 51.9 Å². The van der Waals surface area contributed by atoms with Crippen molar-refractivity contribution in [3.63, 3.8) is 0 Å². The van der Waals surface area contributed by atoms with E-state index in [9.17, 15) is 19.4 Å². The molecule has 3 aromatic carbocycles. The third kappa shape index (κ3) is 7.13. The molecule has 2 atom stereocenters. The molecule has 0 aliphatic carbocycles. The Labute approximate surface area is 211 Å². The lowest BCUT2D eigenvalue weighted by Crippen LogP contribution is -2.46. The molecule has 0 saturated carbocycles. The molecule has 192 valence electrons. The summed E-state index contributed by atoms with van der Waals surface area (Å²) in [5, 5.41) is 33.1. The first-order valence-electron chi connectivity index (χ1n) is 11.9. The maximum absolute atomic E-state index is 13.9. The smallest absolute Gasteiger partial charge is 0.339 e. The van der Waals surface area contributed by atoms with Crippen molar-refractivity contribution >= 4 is 5.97 Å². The highest BCUT2D eigenvalue weighted by Gasteiger charge is 2.21. The van der Waals surface area contributed by atoms with Crippen molar-refractivity contribution in [1.29, 1.82) is 0 Å². The van der Waals surface area contributed by atoms with E-state index < -0.39 is 12.1 Å². The largest absolute Gasteiger partial charge is 0.507 e. The molecule has 36 heavy (non-hydrogen) atoms. The number of hydrogen-bond acceptors (Lipinski definition) is 5. The van der Waals surface area contributed by atoms with E-state index in [1.54, 1.807) is 25.1 Å². The lowest BCUT2D eigenvalue weighted by atomic mass is 9.94. The molecule has 0 fully saturated rings. The van der Waals surface area contributed by atoms with Gasteiger partial charge in [0.2, 0.25) is 0 Å². The SMILES string of the molecule is Cc1ccc(CC(C)(C)NC[C@@H](O)COC(C)c2ccccc2-c2ccc(C(=O)O)c(O)c2)cc1F. The van der Waals surface area contributed by atoms with Crippen LogP contribution in [-0.2, 0) is 11.2 Å². The number of hydrogen-bond donors (Lipinski definition) is 4. The molecule has 0 amide bonds. The Bertz CT molecular complexity index is 1210. The normalized spacial score (nSPS) is 13.4. The van der Waals surface area contributed by atoms with Crippen LogP contribution in [0.3, 0.4) is 0 Å². The van der Waals surface area contributed by atoms with Gasteiger partial charge in [-0.25, -0.2) is 9.18 Å². The molecule has 0 spiro atoms. The number of carboxylic acid groups (broad SMARTS) is 1. The average Bonchev–Trinajstić information content (AvgIpc) is 2.83. The summed E-state index contributed by atoms with van der Waals surface area (Å²) in [5.41, 5.74) is 3.30. The molecule has 0 radical (unpaired) electrons. The minimum absolute atomic E-state index is 0.0982. The van der Waals surface area contributed by atoms with E-state index in [0.717, 1.165) is 16.7 Å². The van der Waals surface area contributed by atoms with Gasteiger partial charge in [-0.3, -0.25) is 0 Å². The van der Waals surface area contributed by atoms with Gasteiger partial charge in [-0.05, 0) is 80.1 Å². The maximum atomic E-state index is 13.9. The molecule has 0 aliphatic heterocycles. The number of aryl methyl sites for hydroxylation is 1. The number of aliphatic hydroxyl groups excluding tert-OH is 1. The van der Waals surface area contributed by atoms with Crippen LogP contribution in [0, 0.1) is 12.7 Å². The number of aromatic hydroxyl groups is 1. The molecule has 0 saturated heterocycles. The molecule has 1 unspecified atom stereocenters. The molecule has 3 aromatic rings. The van der Waals surface area contributed by atoms with Crippen LogP contribution >= 0.6 is 0 Å². The number of phenols is 1. The first-order chi connectivity index (χ1) is 17.0. The van der Waals surface area contributed by atoms with Gasteiger partial charge in [-0.1, -0.05) is 42.5 Å². The zero-order chi connectivity index (χ0) is 26.5. The fourth-order valence-corrected chi connectivity index (χ4v) is 4.11. The molecule has 4 N–H and O–H groups in total. The van der Waals surface area contributed by atoms with Crippen LogP contribution in [-0.4, -0.2) is 46.1 Å². The average molecular weight is 496 g/mol. The molecule has 7 heteroatoms. The van der Waals surface area contributed by atoms with Crippen molar-refractivity contribution in [2.75, 3.05) is 13.2 Å². The highest BCUT2D eigenvalue weighted by molar-refractivity contribution is 5.91. The van der Waals surface area contributed by atoms with Gasteiger partial charge >= 0.3 is 5.97 Å². The van der Waals surface area contributed by atoms with E-state index in [0.29, 0.717) is 24.1 Å². The van der Waals surface area contributed by atoms with Crippen LogP contribution in [0.2, 0.25) is 0 Å². The van der Waals surface area contributed by atoms with Crippen LogP contribution in [0.25, 0.3) is 11.1 Å². The van der Waals surface area contributed by atoms with Gasteiger partial charge in [0.1, 0.15) is 17.1 Å². The molecule has 3 rings (SSSR count). The zero-order valence-corrected chi connectivity index (χ0v) is 21.1. The topological polar surface area (TPSA) is 99.0 Å². The Morgan fingerprint density at radius 3 is 2.50 bits per heavy atom. The van der Waals surface area contributed by atoms with Crippen LogP contribution in [0.5, 0.6) is 5.75 Å². The number of aromatic carboxylic acids is 1. The number of carboxylic acids is 1. The molecular weight excluding hydrogens is 461 g/mol. The quantitative estimate of drug-likeness (QED) is 0.290. The second-order valence-corrected chi connectivity index (χ2v) is 9.78. The summed E-state index contributed by atoms with van der Waals surface area (Å²) < 4.78 is 19.8. The van der Waals surface area contributed by atoms with Crippen molar-refractivity contribution in [2.24, 2.45) is 0 Å². The molecule has 6 nitrogen and oxygen atoms in total. The Kier molecular flexibility index (Phi) is 8.84. The molecule has 0 bridgehead atoms. The molecule has 0 aliphatic rings. The lowest BCUT2D eigenvalue weighted by Gasteiger charge is -2.28. The van der Waals surface area contributed by atoms with E-state index >= 15 is 0 Å². The number of aliphatic hydroxyl groups is 1. The van der Waals surface area contributed by atoms with Crippen molar-refractivity contribution < 1.29 is 29.2 Å². The predicted molar refractivity (Wildman–Crippen MR) is 138 cm³/mol. The monoisotopic (exact) mass is 495 g/mol. The lowest BCUT2D eigenvalue weighted by molar-refractivity contribution is -0.00397. The second kappa shape index (κ2) is 11.6. The fraction of sp³-hybridized carbons (Fsp3) is 0.345. The minimum atomic E-state index is -1.19. The summed E-state index contributed by atoms with van der Waals surface area (Å²) in [6, 6.07) is 17.2. The Morgan fingerprint density at radius 2 is 1.83 bits per heavy atom. The molecule has 0 aromatic heterocycles. The van der Waals surface area contributed by atoms with Crippen LogP contribution < -0.4 is 5.32 Å². The first kappa shape index (κ1) is 27.3. The second-order valence-electron chi connectivity index (χ2n) is 9.78. The van der Waals surface area contributed by atoms with Crippen LogP contribution in [0.1, 0.15) is 53.9 Å². The van der Waals surface area contributed by atoms with E-state index in [-0.39, 0.29) is 35.4 Å². The number of rotatable bonds is 11. The Balaban J connectivity index is 1.59. The van der Waals surface area contributed by atoms with Gasteiger partial charge in [0.15, 0.2) is 0 Å². The van der Waals surface area contributed by atoms with E-state index in [2.05, 4.69) is 5.32 Å². The maximum Gasteiger partial charge on any atom is 0.339 e. The Morgan fingerprint density at radius 1 is 1.11 bits per heavy atom. The number of nitrogens with one attached hydrogen (secondary N) is 1. The molecular formula is C29H34FNO5. The van der Waals surface area contributed by atoms with Crippen molar-refractivity contribution in [3.8, 4) is 16.9 Å². The summed E-state index contributed by atoms with van der Waals surface area (Å²) >= 11 is 0. The number of ether oxygens (including phenoxy) is 1. The minimum Gasteiger partial charge on any atom is -0.507 e. The standard InChI is InChI=1S/C29H34FNO5/c1-18-9-10-20(13-26(18)30)15-29(3,4)31-16-22(32)17-36-19(2)23-7-5-6-8-24(23)21-11-12-25(28(34)35)27(33)14-21/h5-14,19,22,31-33H,15-17H2,1-4H3,(H,34,35)/t19?,22-/m1/s1. The van der Waals surface area contributed by atoms with Crippen LogP contribution in [0.15, 0.2) is 60.7 Å². The fourth-order valence-electron chi connectivity index (χ4n) is 4.11. The number of benzene rings is 3. The van der Waals surface area contributed by atoms with Crippen molar-refractivity contribution in [3.05, 3.63) is 88.7 Å². The summed E-state index contributed by atoms with van der Waals surface area (Å²) in [7, 11) is 0. The third-order valence-corrected chi connectivity index (χ3v) is 6.18. The van der Waals surface area contributed by atoms with Gasteiger partial charge < -0.3 is 25.4 Å². The van der Waals surface area contributed by atoms with Gasteiger partial charge in [-0.15, -0.1) is 0 Å². The van der Waals surface area contributed by atoms with Gasteiger partial charge in [0.05, 0.1) is 18.8 Å². The summed E-state index contributed by atoms with van der Waals surface area (Å²) in [6.07, 6.45) is -0.511. The first-order valence-corrected chi connectivity index (χ1v) is 11.9. The van der Waals surface area contributed by atoms with E-state index in [4.69, 9.17) is 9.84 Å². The number of β-amino-alcohol motifs (C(OH)–C–C–N with tert-alkyl or cyclic N) is 1. The number of carbonyl (C=O) groups is 1. The van der Waals surface area contributed by atoms with Gasteiger partial charge in [0, 0.05) is 12.1 Å².